The lowest BCUT2D eigenvalue weighted by Gasteiger charge is -2.01. The Labute approximate surface area is 88.3 Å². The molecule has 0 amide bonds. The van der Waals surface area contributed by atoms with Crippen LogP contribution in [0.1, 0.15) is 17.1 Å². The molecular weight excluding hydrogens is 190 g/mol. The summed E-state index contributed by atoms with van der Waals surface area (Å²) in [6, 6.07) is 0. The second-order valence-corrected chi connectivity index (χ2v) is 3.48. The summed E-state index contributed by atoms with van der Waals surface area (Å²) in [5, 5.41) is 10.2. The van der Waals surface area contributed by atoms with E-state index in [-0.39, 0.29) is 0 Å². The smallest absolute Gasteiger partial charge is 0.107 e. The van der Waals surface area contributed by atoms with Crippen LogP contribution in [0.15, 0.2) is 18.6 Å². The molecule has 0 aliphatic rings. The Hall–Kier alpha value is -1.62. The molecule has 5 heteroatoms. The van der Waals surface area contributed by atoms with Crippen molar-refractivity contribution in [2.45, 2.75) is 19.9 Å². The second kappa shape index (κ2) is 4.75. The van der Waals surface area contributed by atoms with E-state index in [0.29, 0.717) is 0 Å². The van der Waals surface area contributed by atoms with Crippen molar-refractivity contribution >= 4 is 0 Å². The second-order valence-electron chi connectivity index (χ2n) is 3.48. The predicted molar refractivity (Wildman–Crippen MR) is 57.3 cm³/mol. The zero-order chi connectivity index (χ0) is 10.5. The summed E-state index contributed by atoms with van der Waals surface area (Å²) in [5.41, 5.74) is 2.34. The maximum atomic E-state index is 4.15. The first-order valence-electron chi connectivity index (χ1n) is 5.04. The summed E-state index contributed by atoms with van der Waals surface area (Å²) in [7, 11) is 0. The molecular formula is C10H15N5. The largest absolute Gasteiger partial charge is 0.349 e. The van der Waals surface area contributed by atoms with Crippen LogP contribution in [0.4, 0.5) is 0 Å². The predicted octanol–water partition coefficient (Wildman–Crippen LogP) is 0.774. The van der Waals surface area contributed by atoms with Crippen LogP contribution < -0.4 is 5.32 Å². The SMILES string of the molecule is Cc1[nH]ncc1CNCCc1ncc[nH]1. The Morgan fingerprint density at radius 3 is 3.07 bits per heavy atom. The van der Waals surface area contributed by atoms with Gasteiger partial charge in [-0.15, -0.1) is 0 Å². The van der Waals surface area contributed by atoms with Gasteiger partial charge in [-0.05, 0) is 6.92 Å². The van der Waals surface area contributed by atoms with Crippen molar-refractivity contribution in [3.63, 3.8) is 0 Å². The summed E-state index contributed by atoms with van der Waals surface area (Å²) in [5.74, 6) is 1.02. The molecule has 5 nitrogen and oxygen atoms in total. The van der Waals surface area contributed by atoms with Crippen molar-refractivity contribution < 1.29 is 0 Å². The summed E-state index contributed by atoms with van der Waals surface area (Å²) in [6.07, 6.45) is 6.39. The van der Waals surface area contributed by atoms with Gasteiger partial charge in [-0.1, -0.05) is 0 Å². The first-order valence-corrected chi connectivity index (χ1v) is 5.04. The number of hydrogen-bond donors (Lipinski definition) is 3. The standard InChI is InChI=1S/C10H15N5/c1-8-9(7-14-15-8)6-11-3-2-10-12-4-5-13-10/h4-5,7,11H,2-3,6H2,1H3,(H,12,13)(H,14,15). The van der Waals surface area contributed by atoms with Gasteiger partial charge in [-0.25, -0.2) is 4.98 Å². The maximum Gasteiger partial charge on any atom is 0.107 e. The minimum atomic E-state index is 0.850. The molecule has 2 heterocycles. The van der Waals surface area contributed by atoms with Crippen LogP contribution in [0.3, 0.4) is 0 Å². The van der Waals surface area contributed by atoms with E-state index in [1.165, 1.54) is 5.56 Å². The molecule has 0 spiro atoms. The highest BCUT2D eigenvalue weighted by Crippen LogP contribution is 2.01. The number of aromatic nitrogens is 4. The fraction of sp³-hybridized carbons (Fsp3) is 0.400. The van der Waals surface area contributed by atoms with Gasteiger partial charge in [0, 0.05) is 43.2 Å². The molecule has 15 heavy (non-hydrogen) atoms. The molecule has 0 unspecified atom stereocenters. The average molecular weight is 205 g/mol. The molecule has 0 saturated heterocycles. The van der Waals surface area contributed by atoms with Gasteiger partial charge >= 0.3 is 0 Å². The normalized spacial score (nSPS) is 10.7. The summed E-state index contributed by atoms with van der Waals surface area (Å²) >= 11 is 0. The average Bonchev–Trinajstić information content (AvgIpc) is 2.85. The van der Waals surface area contributed by atoms with E-state index in [4.69, 9.17) is 0 Å². The van der Waals surface area contributed by atoms with Gasteiger partial charge in [0.05, 0.1) is 6.20 Å². The first-order chi connectivity index (χ1) is 7.36. The van der Waals surface area contributed by atoms with Crippen LogP contribution in [0.2, 0.25) is 0 Å². The lowest BCUT2D eigenvalue weighted by Crippen LogP contribution is -2.17. The molecule has 3 N–H and O–H groups in total. The third-order valence-electron chi connectivity index (χ3n) is 2.34. The van der Waals surface area contributed by atoms with E-state index in [1.807, 2.05) is 19.3 Å². The van der Waals surface area contributed by atoms with Gasteiger partial charge in [0.1, 0.15) is 5.82 Å². The zero-order valence-corrected chi connectivity index (χ0v) is 8.75. The molecule has 2 rings (SSSR count). The van der Waals surface area contributed by atoms with Crippen LogP contribution >= 0.6 is 0 Å². The van der Waals surface area contributed by atoms with Gasteiger partial charge < -0.3 is 10.3 Å². The Balaban J connectivity index is 1.70. The summed E-state index contributed by atoms with van der Waals surface area (Å²) < 4.78 is 0. The van der Waals surface area contributed by atoms with Crippen molar-refractivity contribution in [2.75, 3.05) is 6.54 Å². The molecule has 80 valence electrons. The molecule has 0 aromatic carbocycles. The highest BCUT2D eigenvalue weighted by Gasteiger charge is 1.99. The third-order valence-corrected chi connectivity index (χ3v) is 2.34. The molecule has 0 fully saturated rings. The monoisotopic (exact) mass is 205 g/mol. The Bertz CT molecular complexity index is 390. The number of nitrogens with zero attached hydrogens (tertiary/aromatic N) is 2. The topological polar surface area (TPSA) is 69.4 Å². The van der Waals surface area contributed by atoms with E-state index in [2.05, 4.69) is 25.5 Å². The van der Waals surface area contributed by atoms with Crippen LogP contribution in [0.5, 0.6) is 0 Å². The minimum absolute atomic E-state index is 0.850. The lowest BCUT2D eigenvalue weighted by molar-refractivity contribution is 0.672. The maximum absolute atomic E-state index is 4.15. The van der Waals surface area contributed by atoms with Gasteiger partial charge in [0.15, 0.2) is 0 Å². The third kappa shape index (κ3) is 2.66. The van der Waals surface area contributed by atoms with Gasteiger partial charge in [-0.2, -0.15) is 5.10 Å². The van der Waals surface area contributed by atoms with Crippen molar-refractivity contribution in [1.82, 2.24) is 25.5 Å². The molecule has 2 aromatic rings. The van der Waals surface area contributed by atoms with Crippen molar-refractivity contribution in [1.29, 1.82) is 0 Å². The van der Waals surface area contributed by atoms with Crippen LogP contribution in [-0.2, 0) is 13.0 Å². The number of nitrogens with one attached hydrogen (secondary N) is 3. The van der Waals surface area contributed by atoms with Gasteiger partial charge in [0.2, 0.25) is 0 Å². The number of H-pyrrole nitrogens is 2. The molecule has 0 atom stereocenters. The zero-order valence-electron chi connectivity index (χ0n) is 8.75. The van der Waals surface area contributed by atoms with Crippen molar-refractivity contribution in [3.05, 3.63) is 35.7 Å². The fourth-order valence-corrected chi connectivity index (χ4v) is 1.42. The fourth-order valence-electron chi connectivity index (χ4n) is 1.42. The Morgan fingerprint density at radius 2 is 2.40 bits per heavy atom. The Kier molecular flexibility index (Phi) is 3.14. The number of hydrogen-bond acceptors (Lipinski definition) is 3. The molecule has 0 bridgehead atoms. The molecule has 2 aromatic heterocycles. The first kappa shape index (κ1) is 9.92. The number of aryl methyl sites for hydroxylation is 1. The number of imidazole rings is 1. The molecule has 0 radical (unpaired) electrons. The van der Waals surface area contributed by atoms with E-state index < -0.39 is 0 Å². The molecule has 0 saturated carbocycles. The quantitative estimate of drug-likeness (QED) is 0.632. The number of aromatic amines is 2. The van der Waals surface area contributed by atoms with Crippen LogP contribution in [0, 0.1) is 6.92 Å². The lowest BCUT2D eigenvalue weighted by atomic mass is 10.2. The van der Waals surface area contributed by atoms with Crippen LogP contribution in [0.25, 0.3) is 0 Å². The van der Waals surface area contributed by atoms with E-state index in [9.17, 15) is 0 Å². The number of rotatable bonds is 5. The van der Waals surface area contributed by atoms with E-state index >= 15 is 0 Å². The highest BCUT2D eigenvalue weighted by atomic mass is 15.1. The van der Waals surface area contributed by atoms with Gasteiger partial charge in [0.25, 0.3) is 0 Å². The summed E-state index contributed by atoms with van der Waals surface area (Å²) in [6.45, 7) is 3.79. The highest BCUT2D eigenvalue weighted by molar-refractivity contribution is 5.13. The van der Waals surface area contributed by atoms with Crippen molar-refractivity contribution in [2.24, 2.45) is 0 Å². The Morgan fingerprint density at radius 1 is 1.47 bits per heavy atom. The molecule has 0 aliphatic heterocycles. The van der Waals surface area contributed by atoms with Crippen LogP contribution in [-0.4, -0.2) is 26.7 Å². The minimum Gasteiger partial charge on any atom is -0.349 e. The van der Waals surface area contributed by atoms with E-state index in [0.717, 1.165) is 31.0 Å². The summed E-state index contributed by atoms with van der Waals surface area (Å²) in [4.78, 5) is 7.23. The van der Waals surface area contributed by atoms with Gasteiger partial charge in [-0.3, -0.25) is 5.10 Å². The molecule has 0 aliphatic carbocycles. The van der Waals surface area contributed by atoms with Crippen molar-refractivity contribution in [3.8, 4) is 0 Å². The van der Waals surface area contributed by atoms with E-state index in [1.54, 1.807) is 6.20 Å².